The van der Waals surface area contributed by atoms with Gasteiger partial charge in [0.2, 0.25) is 5.91 Å². The summed E-state index contributed by atoms with van der Waals surface area (Å²) in [6.45, 7) is 6.46. The van der Waals surface area contributed by atoms with Gasteiger partial charge in [-0.15, -0.1) is 11.3 Å². The van der Waals surface area contributed by atoms with Crippen molar-refractivity contribution in [2.75, 3.05) is 6.61 Å². The first-order valence-electron chi connectivity index (χ1n) is 12.5. The SMILES string of the molecule is CC(=O)c1ncn2cc(C3=C(C(=O)O)N4C(=O)[C@H]([C@@H](C)O)[C@@H]4[C@@]3(C)COC(=O)C3(C)CCCCC3)sc12. The van der Waals surface area contributed by atoms with E-state index in [1.807, 2.05) is 6.92 Å². The van der Waals surface area contributed by atoms with Crippen molar-refractivity contribution in [1.29, 1.82) is 0 Å². The number of imidazole rings is 1. The van der Waals surface area contributed by atoms with Crippen molar-refractivity contribution in [3.63, 3.8) is 0 Å². The second-order valence-corrected chi connectivity index (χ2v) is 12.1. The highest BCUT2D eigenvalue weighted by atomic mass is 32.1. The molecule has 198 valence electrons. The Labute approximate surface area is 217 Å². The minimum Gasteiger partial charge on any atom is -0.477 e. The van der Waals surface area contributed by atoms with Crippen LogP contribution in [0.4, 0.5) is 0 Å². The summed E-state index contributed by atoms with van der Waals surface area (Å²) in [6.07, 6.45) is 6.59. The van der Waals surface area contributed by atoms with Gasteiger partial charge in [0.05, 0.1) is 33.8 Å². The zero-order valence-corrected chi connectivity index (χ0v) is 22.1. The number of aromatic nitrogens is 2. The van der Waals surface area contributed by atoms with E-state index in [-0.39, 0.29) is 29.8 Å². The summed E-state index contributed by atoms with van der Waals surface area (Å²) < 4.78 is 7.59. The maximum atomic E-state index is 13.3. The number of aliphatic hydroxyl groups is 1. The van der Waals surface area contributed by atoms with Gasteiger partial charge in [0, 0.05) is 18.7 Å². The molecule has 1 aliphatic carbocycles. The van der Waals surface area contributed by atoms with Crippen molar-refractivity contribution in [3.05, 3.63) is 28.8 Å². The number of carboxylic acids is 1. The number of carbonyl (C=O) groups excluding carboxylic acids is 3. The highest BCUT2D eigenvalue weighted by molar-refractivity contribution is 7.18. The van der Waals surface area contributed by atoms with Gasteiger partial charge >= 0.3 is 11.9 Å². The lowest BCUT2D eigenvalue weighted by Gasteiger charge is -2.50. The van der Waals surface area contributed by atoms with Gasteiger partial charge in [-0.3, -0.25) is 18.8 Å². The van der Waals surface area contributed by atoms with Crippen LogP contribution in [0.25, 0.3) is 10.4 Å². The van der Waals surface area contributed by atoms with E-state index < -0.39 is 40.8 Å². The molecule has 3 aliphatic rings. The summed E-state index contributed by atoms with van der Waals surface area (Å²) in [7, 11) is 0. The molecule has 1 saturated carbocycles. The van der Waals surface area contributed by atoms with Gasteiger partial charge < -0.3 is 19.8 Å². The Morgan fingerprint density at radius 3 is 2.51 bits per heavy atom. The number of Topliss-reactive ketones (excluding diaryl/α,β-unsaturated/α-hetero) is 1. The van der Waals surface area contributed by atoms with Crippen molar-refractivity contribution < 1.29 is 34.1 Å². The van der Waals surface area contributed by atoms with E-state index in [1.165, 1.54) is 36.4 Å². The van der Waals surface area contributed by atoms with Crippen LogP contribution in [0, 0.1) is 16.7 Å². The minimum absolute atomic E-state index is 0.143. The molecule has 0 bridgehead atoms. The molecule has 37 heavy (non-hydrogen) atoms. The van der Waals surface area contributed by atoms with Gasteiger partial charge in [0.25, 0.3) is 0 Å². The average Bonchev–Trinajstić information content (AvgIpc) is 3.46. The molecule has 5 rings (SSSR count). The Bertz CT molecular complexity index is 1350. The molecular formula is C26H31N3O7S. The molecule has 0 spiro atoms. The molecule has 2 N–H and O–H groups in total. The number of ether oxygens (including phenoxy) is 1. The number of ketones is 1. The van der Waals surface area contributed by atoms with Crippen LogP contribution >= 0.6 is 11.3 Å². The van der Waals surface area contributed by atoms with Gasteiger partial charge in [-0.25, -0.2) is 9.78 Å². The summed E-state index contributed by atoms with van der Waals surface area (Å²) in [4.78, 5) is 57.4. The van der Waals surface area contributed by atoms with Crippen LogP contribution < -0.4 is 0 Å². The molecule has 2 aromatic heterocycles. The average molecular weight is 530 g/mol. The topological polar surface area (TPSA) is 139 Å². The highest BCUT2D eigenvalue weighted by Gasteiger charge is 2.67. The number of aliphatic carboxylic acids is 1. The Kier molecular flexibility index (Phi) is 6.06. The third-order valence-electron chi connectivity index (χ3n) is 8.31. The lowest BCUT2D eigenvalue weighted by Crippen LogP contribution is -2.66. The van der Waals surface area contributed by atoms with Crippen molar-refractivity contribution in [1.82, 2.24) is 14.3 Å². The van der Waals surface area contributed by atoms with Crippen molar-refractivity contribution in [3.8, 4) is 0 Å². The number of nitrogens with zero attached hydrogens (tertiary/aromatic N) is 3. The van der Waals surface area contributed by atoms with Crippen LogP contribution in [-0.2, 0) is 19.1 Å². The predicted octanol–water partition coefficient (Wildman–Crippen LogP) is 3.14. The molecule has 0 aromatic carbocycles. The third-order valence-corrected chi connectivity index (χ3v) is 9.44. The molecule has 0 unspecified atom stereocenters. The molecular weight excluding hydrogens is 498 g/mol. The lowest BCUT2D eigenvalue weighted by molar-refractivity contribution is -0.172. The molecule has 2 aromatic rings. The number of hydrogen-bond acceptors (Lipinski definition) is 8. The second kappa shape index (κ2) is 8.76. The summed E-state index contributed by atoms with van der Waals surface area (Å²) in [5, 5.41) is 20.7. The van der Waals surface area contributed by atoms with Gasteiger partial charge in [-0.2, -0.15) is 0 Å². The van der Waals surface area contributed by atoms with Crippen LogP contribution in [0.2, 0.25) is 0 Å². The Morgan fingerprint density at radius 2 is 1.92 bits per heavy atom. The fourth-order valence-electron chi connectivity index (χ4n) is 6.30. The molecule has 4 atom stereocenters. The summed E-state index contributed by atoms with van der Waals surface area (Å²) in [6, 6.07) is -0.695. The number of rotatable bonds is 7. The normalized spacial score (nSPS) is 27.7. The van der Waals surface area contributed by atoms with Crippen LogP contribution in [-0.4, -0.2) is 66.9 Å². The number of carbonyl (C=O) groups is 4. The zero-order valence-electron chi connectivity index (χ0n) is 21.3. The molecule has 0 radical (unpaired) electrons. The quantitative estimate of drug-likeness (QED) is 0.317. The number of amides is 1. The van der Waals surface area contributed by atoms with E-state index in [0.717, 1.165) is 32.1 Å². The van der Waals surface area contributed by atoms with Crippen LogP contribution in [0.1, 0.15) is 75.2 Å². The second-order valence-electron chi connectivity index (χ2n) is 11.0. The number of β-lactam (4-membered cyclic amide) rings is 1. The van der Waals surface area contributed by atoms with Crippen LogP contribution in [0.5, 0.6) is 0 Å². The monoisotopic (exact) mass is 529 g/mol. The Morgan fingerprint density at radius 1 is 1.24 bits per heavy atom. The molecule has 1 amide bonds. The minimum atomic E-state index is -1.28. The number of hydrogen-bond donors (Lipinski definition) is 2. The van der Waals surface area contributed by atoms with Gasteiger partial charge in [0.15, 0.2) is 5.78 Å². The molecule has 11 heteroatoms. The van der Waals surface area contributed by atoms with E-state index >= 15 is 0 Å². The molecule has 4 heterocycles. The van der Waals surface area contributed by atoms with Crippen molar-refractivity contribution in [2.24, 2.45) is 16.7 Å². The van der Waals surface area contributed by atoms with E-state index in [1.54, 1.807) is 17.5 Å². The number of fused-ring (bicyclic) bond motifs is 2. The number of carboxylic acid groups (broad SMARTS) is 1. The first kappa shape index (κ1) is 25.6. The van der Waals surface area contributed by atoms with Crippen molar-refractivity contribution >= 4 is 45.4 Å². The first-order chi connectivity index (χ1) is 17.4. The maximum absolute atomic E-state index is 13.3. The fraction of sp³-hybridized carbons (Fsp3) is 0.577. The third kappa shape index (κ3) is 3.73. The van der Waals surface area contributed by atoms with E-state index in [2.05, 4.69) is 4.98 Å². The van der Waals surface area contributed by atoms with Crippen LogP contribution in [0.15, 0.2) is 18.2 Å². The smallest absolute Gasteiger partial charge is 0.352 e. The Hall–Kier alpha value is -3.05. The molecule has 2 aliphatic heterocycles. The fourth-order valence-corrected chi connectivity index (χ4v) is 7.60. The number of esters is 1. The zero-order chi connectivity index (χ0) is 26.9. The highest BCUT2D eigenvalue weighted by Crippen LogP contribution is 2.58. The molecule has 2 fully saturated rings. The van der Waals surface area contributed by atoms with E-state index in [4.69, 9.17) is 4.74 Å². The molecule has 1 saturated heterocycles. The number of thiazole rings is 1. The lowest BCUT2D eigenvalue weighted by atomic mass is 9.67. The standard InChI is InChI=1S/C26H31N3O7S/c1-13(30)16-20-26(4,11-36-24(35)25(3)8-6-5-7-9-25)17(19(23(33)34)29(20)21(16)32)15-10-28-12-27-18(14(2)31)22(28)37-15/h10,12-13,16,20,30H,5-9,11H2,1-4H3,(H,33,34)/t13-,16-,20-,26+/m1/s1. The van der Waals surface area contributed by atoms with Gasteiger partial charge in [-0.05, 0) is 26.7 Å². The van der Waals surface area contributed by atoms with Crippen molar-refractivity contribution in [2.45, 2.75) is 71.9 Å². The predicted molar refractivity (Wildman–Crippen MR) is 134 cm³/mol. The Balaban J connectivity index is 1.60. The van der Waals surface area contributed by atoms with Gasteiger partial charge in [-0.1, -0.05) is 26.2 Å². The summed E-state index contributed by atoms with van der Waals surface area (Å²) >= 11 is 1.20. The summed E-state index contributed by atoms with van der Waals surface area (Å²) in [5.74, 6) is -3.14. The largest absolute Gasteiger partial charge is 0.477 e. The van der Waals surface area contributed by atoms with Crippen LogP contribution in [0.3, 0.4) is 0 Å². The summed E-state index contributed by atoms with van der Waals surface area (Å²) in [5.41, 5.74) is -1.27. The molecule has 10 nitrogen and oxygen atoms in total. The van der Waals surface area contributed by atoms with E-state index in [0.29, 0.717) is 15.3 Å². The maximum Gasteiger partial charge on any atom is 0.352 e. The first-order valence-corrected chi connectivity index (χ1v) is 13.4. The van der Waals surface area contributed by atoms with E-state index in [9.17, 15) is 29.4 Å². The van der Waals surface area contributed by atoms with Gasteiger partial charge in [0.1, 0.15) is 29.2 Å². The number of aliphatic hydroxyl groups excluding tert-OH is 1.